The Morgan fingerprint density at radius 3 is 2.68 bits per heavy atom. The van der Waals surface area contributed by atoms with Crippen LogP contribution in [0.1, 0.15) is 9.88 Å². The van der Waals surface area contributed by atoms with Crippen LogP contribution in [0.25, 0.3) is 21.3 Å². The van der Waals surface area contributed by atoms with Crippen LogP contribution in [0, 0.1) is 13.8 Å². The topological polar surface area (TPSA) is 101 Å². The van der Waals surface area contributed by atoms with Crippen LogP contribution in [0.2, 0.25) is 0 Å². The first-order chi connectivity index (χ1) is 13.5. The highest BCUT2D eigenvalue weighted by molar-refractivity contribution is 7.99. The van der Waals surface area contributed by atoms with Crippen LogP contribution >= 0.6 is 34.4 Å². The molecule has 1 aromatic carbocycles. The fourth-order valence-electron chi connectivity index (χ4n) is 2.76. The summed E-state index contributed by atoms with van der Waals surface area (Å²) < 4.78 is 0. The number of carbonyl (C=O) groups is 1. The van der Waals surface area contributed by atoms with Gasteiger partial charge in [-0.05, 0) is 19.4 Å². The Bertz CT molecular complexity index is 1210. The second kappa shape index (κ2) is 7.82. The number of benzene rings is 1. The largest absolute Gasteiger partial charge is 0.301 e. The summed E-state index contributed by atoms with van der Waals surface area (Å²) in [6, 6.07) is 9.80. The molecular weight excluding hydrogens is 414 g/mol. The van der Waals surface area contributed by atoms with E-state index >= 15 is 0 Å². The molecule has 10 heteroatoms. The monoisotopic (exact) mass is 429 g/mol. The first-order valence-corrected chi connectivity index (χ1v) is 10.9. The Kier molecular flexibility index (Phi) is 5.25. The molecule has 7 nitrogen and oxygen atoms in total. The number of hydrogen-bond donors (Lipinski definition) is 2. The lowest BCUT2D eigenvalue weighted by Crippen LogP contribution is -2.15. The molecule has 0 aliphatic heterocycles. The molecule has 0 bridgehead atoms. The van der Waals surface area contributed by atoms with Crippen LogP contribution < -0.4 is 10.9 Å². The number of anilines is 1. The van der Waals surface area contributed by atoms with Gasteiger partial charge in [-0.2, -0.15) is 0 Å². The molecule has 3 heterocycles. The Hall–Kier alpha value is -2.56. The molecule has 0 saturated carbocycles. The van der Waals surface area contributed by atoms with Crippen LogP contribution in [0.3, 0.4) is 0 Å². The molecule has 0 fully saturated rings. The standard InChI is InChI=1S/C18H15N5O2S3/c1-9-13(11-6-4-3-5-7-11)14-15(25)20-17(21-16(14)27-9)26-8-12(24)19-18-23-22-10(2)28-18/h3-7H,8H2,1-2H3,(H,19,23,24)(H,20,21,25). The predicted octanol–water partition coefficient (Wildman–Crippen LogP) is 3.85. The number of hydrogen-bond acceptors (Lipinski definition) is 8. The van der Waals surface area contributed by atoms with E-state index in [1.807, 2.05) is 44.2 Å². The minimum absolute atomic E-state index is 0.114. The van der Waals surface area contributed by atoms with Crippen molar-refractivity contribution in [2.75, 3.05) is 11.1 Å². The average molecular weight is 430 g/mol. The lowest BCUT2D eigenvalue weighted by molar-refractivity contribution is -0.113. The quantitative estimate of drug-likeness (QED) is 0.369. The minimum Gasteiger partial charge on any atom is -0.301 e. The third kappa shape index (κ3) is 3.84. The number of thiophene rings is 1. The van der Waals surface area contributed by atoms with Gasteiger partial charge in [0.15, 0.2) is 5.16 Å². The molecule has 3 aromatic heterocycles. The minimum atomic E-state index is -0.226. The molecule has 4 rings (SSSR count). The molecule has 0 radical (unpaired) electrons. The van der Waals surface area contributed by atoms with E-state index in [4.69, 9.17) is 0 Å². The number of thioether (sulfide) groups is 1. The van der Waals surface area contributed by atoms with Gasteiger partial charge in [0, 0.05) is 10.4 Å². The number of aromatic nitrogens is 4. The second-order valence-corrected chi connectivity index (χ2v) is 9.26. The first kappa shape index (κ1) is 18.8. The molecular formula is C18H15N5O2S3. The van der Waals surface area contributed by atoms with Gasteiger partial charge in [0.1, 0.15) is 9.84 Å². The summed E-state index contributed by atoms with van der Waals surface area (Å²) >= 11 is 3.97. The molecule has 0 unspecified atom stereocenters. The van der Waals surface area contributed by atoms with Crippen molar-refractivity contribution in [2.24, 2.45) is 0 Å². The summed E-state index contributed by atoms with van der Waals surface area (Å²) in [6.07, 6.45) is 0. The van der Waals surface area contributed by atoms with E-state index in [0.29, 0.717) is 20.5 Å². The zero-order valence-electron chi connectivity index (χ0n) is 15.0. The SMILES string of the molecule is Cc1nnc(NC(=O)CSc2nc3sc(C)c(-c4ccccc4)c3c(=O)[nH]2)s1. The van der Waals surface area contributed by atoms with E-state index in [2.05, 4.69) is 25.5 Å². The van der Waals surface area contributed by atoms with Crippen LogP contribution in [0.5, 0.6) is 0 Å². The second-order valence-electron chi connectivity index (χ2n) is 5.91. The van der Waals surface area contributed by atoms with Crippen molar-refractivity contribution in [1.29, 1.82) is 0 Å². The van der Waals surface area contributed by atoms with Crippen molar-refractivity contribution in [3.8, 4) is 11.1 Å². The average Bonchev–Trinajstić information content (AvgIpc) is 3.23. The van der Waals surface area contributed by atoms with E-state index in [-0.39, 0.29) is 17.2 Å². The molecule has 4 aromatic rings. The summed E-state index contributed by atoms with van der Waals surface area (Å²) in [4.78, 5) is 33.8. The highest BCUT2D eigenvalue weighted by Crippen LogP contribution is 2.35. The van der Waals surface area contributed by atoms with Gasteiger partial charge >= 0.3 is 0 Å². The van der Waals surface area contributed by atoms with E-state index in [9.17, 15) is 9.59 Å². The van der Waals surface area contributed by atoms with Gasteiger partial charge < -0.3 is 4.98 Å². The Morgan fingerprint density at radius 1 is 1.18 bits per heavy atom. The molecule has 28 heavy (non-hydrogen) atoms. The van der Waals surface area contributed by atoms with Gasteiger partial charge in [-0.25, -0.2) is 4.98 Å². The molecule has 0 aliphatic carbocycles. The zero-order valence-corrected chi connectivity index (χ0v) is 17.4. The lowest BCUT2D eigenvalue weighted by atomic mass is 10.0. The number of carbonyl (C=O) groups excluding carboxylic acids is 1. The molecule has 2 N–H and O–H groups in total. The number of aromatic amines is 1. The number of nitrogens with one attached hydrogen (secondary N) is 2. The van der Waals surface area contributed by atoms with Gasteiger partial charge in [-0.3, -0.25) is 14.9 Å². The van der Waals surface area contributed by atoms with Crippen molar-refractivity contribution in [3.63, 3.8) is 0 Å². The zero-order chi connectivity index (χ0) is 19.7. The van der Waals surface area contributed by atoms with Gasteiger partial charge in [-0.15, -0.1) is 21.5 Å². The molecule has 0 spiro atoms. The van der Waals surface area contributed by atoms with E-state index < -0.39 is 0 Å². The summed E-state index contributed by atoms with van der Waals surface area (Å²) in [6.45, 7) is 3.80. The number of rotatable bonds is 5. The highest BCUT2D eigenvalue weighted by Gasteiger charge is 2.17. The number of fused-ring (bicyclic) bond motifs is 1. The maximum atomic E-state index is 12.7. The van der Waals surface area contributed by atoms with Crippen molar-refractivity contribution >= 4 is 55.7 Å². The number of amides is 1. The number of H-pyrrole nitrogens is 1. The summed E-state index contributed by atoms with van der Waals surface area (Å²) in [5.74, 6) is -0.112. The molecule has 0 saturated heterocycles. The maximum Gasteiger partial charge on any atom is 0.260 e. The van der Waals surface area contributed by atoms with Gasteiger partial charge in [0.05, 0.1) is 11.1 Å². The van der Waals surface area contributed by atoms with E-state index in [1.54, 1.807) is 0 Å². The van der Waals surface area contributed by atoms with Crippen LogP contribution in [0.4, 0.5) is 5.13 Å². The van der Waals surface area contributed by atoms with Crippen molar-refractivity contribution in [1.82, 2.24) is 20.2 Å². The third-order valence-electron chi connectivity index (χ3n) is 3.89. The van der Waals surface area contributed by atoms with Gasteiger partial charge in [-0.1, -0.05) is 53.4 Å². The molecule has 0 atom stereocenters. The maximum absolute atomic E-state index is 12.7. The molecule has 142 valence electrons. The van der Waals surface area contributed by atoms with Crippen molar-refractivity contribution < 1.29 is 4.79 Å². The summed E-state index contributed by atoms with van der Waals surface area (Å²) in [7, 11) is 0. The van der Waals surface area contributed by atoms with Crippen LogP contribution in [-0.2, 0) is 4.79 Å². The predicted molar refractivity (Wildman–Crippen MR) is 114 cm³/mol. The number of aryl methyl sites for hydroxylation is 2. The summed E-state index contributed by atoms with van der Waals surface area (Å²) in [5, 5.41) is 12.7. The van der Waals surface area contributed by atoms with E-state index in [1.165, 1.54) is 34.4 Å². The highest BCUT2D eigenvalue weighted by atomic mass is 32.2. The van der Waals surface area contributed by atoms with Crippen LogP contribution in [0.15, 0.2) is 40.3 Å². The number of nitrogens with zero attached hydrogens (tertiary/aromatic N) is 3. The van der Waals surface area contributed by atoms with E-state index in [0.717, 1.165) is 21.0 Å². The molecule has 1 amide bonds. The smallest absolute Gasteiger partial charge is 0.260 e. The first-order valence-electron chi connectivity index (χ1n) is 8.33. The fourth-order valence-corrected chi connectivity index (χ4v) is 5.13. The van der Waals surface area contributed by atoms with Gasteiger partial charge in [0.25, 0.3) is 5.56 Å². The van der Waals surface area contributed by atoms with Crippen molar-refractivity contribution in [3.05, 3.63) is 50.6 Å². The van der Waals surface area contributed by atoms with Crippen molar-refractivity contribution in [2.45, 2.75) is 19.0 Å². The Morgan fingerprint density at radius 2 is 1.96 bits per heavy atom. The van der Waals surface area contributed by atoms with Gasteiger partial charge in [0.2, 0.25) is 11.0 Å². The normalized spacial score (nSPS) is 11.1. The Balaban J connectivity index is 1.57. The fraction of sp³-hybridized carbons (Fsp3) is 0.167. The lowest BCUT2D eigenvalue weighted by Gasteiger charge is -2.03. The molecule has 0 aliphatic rings. The Labute approximate surface area is 172 Å². The van der Waals surface area contributed by atoms with Crippen LogP contribution in [-0.4, -0.2) is 31.8 Å². The summed E-state index contributed by atoms with van der Waals surface area (Å²) in [5.41, 5.74) is 1.71. The third-order valence-corrected chi connectivity index (χ3v) is 6.52.